The molecule has 3 aliphatic rings. The summed E-state index contributed by atoms with van der Waals surface area (Å²) >= 11 is 3.96. The van der Waals surface area contributed by atoms with Crippen molar-refractivity contribution in [1.82, 2.24) is 16.0 Å². The van der Waals surface area contributed by atoms with E-state index in [4.69, 9.17) is 0 Å². The molecule has 3 atom stereocenters. The van der Waals surface area contributed by atoms with Crippen molar-refractivity contribution < 1.29 is 0 Å². The Kier molecular flexibility index (Phi) is 11.3. The molecule has 0 saturated carbocycles. The first kappa shape index (κ1) is 18.6. The van der Waals surface area contributed by atoms with Crippen molar-refractivity contribution in [2.45, 2.75) is 64.6 Å². The summed E-state index contributed by atoms with van der Waals surface area (Å²) in [6.45, 7) is 7.93. The summed E-state index contributed by atoms with van der Waals surface area (Å²) in [6, 6.07) is 2.31. The summed E-state index contributed by atoms with van der Waals surface area (Å²) in [4.78, 5) is 0. The molecule has 0 aromatic heterocycles. The minimum absolute atomic E-state index is 0.759. The van der Waals surface area contributed by atoms with Gasteiger partial charge in [0.1, 0.15) is 0 Å². The molecule has 0 aliphatic carbocycles. The molecular weight excluding hydrogens is 286 g/mol. The van der Waals surface area contributed by atoms with E-state index in [0.29, 0.717) is 0 Å². The fourth-order valence-corrected chi connectivity index (χ4v) is 4.22. The molecule has 20 heavy (non-hydrogen) atoms. The van der Waals surface area contributed by atoms with Gasteiger partial charge in [-0.1, -0.05) is 6.42 Å². The first-order valence-corrected chi connectivity index (χ1v) is 10.3. The first-order valence-electron chi connectivity index (χ1n) is 8.04. The Morgan fingerprint density at radius 2 is 1.45 bits per heavy atom. The highest BCUT2D eigenvalue weighted by atomic mass is 32.2. The predicted molar refractivity (Wildman–Crippen MR) is 95.8 cm³/mol. The molecule has 3 saturated heterocycles. The van der Waals surface area contributed by atoms with E-state index >= 15 is 0 Å². The van der Waals surface area contributed by atoms with Gasteiger partial charge in [-0.2, -0.15) is 0 Å². The average molecular weight is 320 g/mol. The van der Waals surface area contributed by atoms with E-state index in [9.17, 15) is 0 Å². The lowest BCUT2D eigenvalue weighted by molar-refractivity contribution is 0.425. The van der Waals surface area contributed by atoms with Crippen LogP contribution in [0.3, 0.4) is 0 Å². The molecule has 0 aromatic carbocycles. The third-order valence-electron chi connectivity index (χ3n) is 3.69. The maximum Gasteiger partial charge on any atom is 0.0420 e. The van der Waals surface area contributed by atoms with Crippen LogP contribution in [-0.4, -0.2) is 47.9 Å². The molecule has 3 heterocycles. The molecule has 3 nitrogen and oxygen atoms in total. The van der Waals surface area contributed by atoms with Crippen LogP contribution in [0.4, 0.5) is 0 Å². The second-order valence-electron chi connectivity index (χ2n) is 5.92. The zero-order chi connectivity index (χ0) is 14.6. The Morgan fingerprint density at radius 1 is 0.750 bits per heavy atom. The molecule has 0 bridgehead atoms. The molecule has 3 unspecified atom stereocenters. The van der Waals surface area contributed by atoms with Crippen LogP contribution in [0.1, 0.15) is 46.5 Å². The van der Waals surface area contributed by atoms with Gasteiger partial charge in [0.15, 0.2) is 0 Å². The third-order valence-corrected chi connectivity index (χ3v) is 5.69. The quantitative estimate of drug-likeness (QED) is 0.640. The van der Waals surface area contributed by atoms with Gasteiger partial charge in [-0.05, 0) is 52.3 Å². The molecule has 5 heteroatoms. The van der Waals surface area contributed by atoms with Crippen molar-refractivity contribution >= 4 is 23.5 Å². The zero-order valence-electron chi connectivity index (χ0n) is 13.4. The lowest BCUT2D eigenvalue weighted by Gasteiger charge is -2.18. The number of nitrogens with one attached hydrogen (secondary N) is 3. The van der Waals surface area contributed by atoms with Gasteiger partial charge in [-0.25, -0.2) is 0 Å². The van der Waals surface area contributed by atoms with Crippen LogP contribution in [0.25, 0.3) is 0 Å². The normalized spacial score (nSPS) is 33.5. The van der Waals surface area contributed by atoms with Gasteiger partial charge >= 0.3 is 0 Å². The van der Waals surface area contributed by atoms with E-state index in [1.54, 1.807) is 0 Å². The second kappa shape index (κ2) is 12.2. The predicted octanol–water partition coefficient (Wildman–Crippen LogP) is 2.88. The average Bonchev–Trinajstić information content (AvgIpc) is 2.93. The van der Waals surface area contributed by atoms with Gasteiger partial charge in [-0.15, -0.1) is 23.5 Å². The largest absolute Gasteiger partial charge is 0.314 e. The van der Waals surface area contributed by atoms with E-state index < -0.39 is 0 Å². The minimum Gasteiger partial charge on any atom is -0.314 e. The van der Waals surface area contributed by atoms with Crippen LogP contribution >= 0.6 is 23.5 Å². The molecule has 0 aromatic rings. The molecule has 120 valence electrons. The van der Waals surface area contributed by atoms with Crippen LogP contribution in [-0.2, 0) is 0 Å². The zero-order valence-corrected chi connectivity index (χ0v) is 15.0. The van der Waals surface area contributed by atoms with Gasteiger partial charge < -0.3 is 16.0 Å². The second-order valence-corrected chi connectivity index (χ2v) is 8.05. The third kappa shape index (κ3) is 10.3. The van der Waals surface area contributed by atoms with Gasteiger partial charge in [0.05, 0.1) is 0 Å². The number of hydrogen-bond donors (Lipinski definition) is 3. The lowest BCUT2D eigenvalue weighted by Crippen LogP contribution is -2.30. The van der Waals surface area contributed by atoms with Crippen molar-refractivity contribution in [3.05, 3.63) is 0 Å². The number of thioether (sulfide) groups is 2. The Balaban J connectivity index is 0.000000151. The van der Waals surface area contributed by atoms with Crippen LogP contribution in [0.15, 0.2) is 0 Å². The van der Waals surface area contributed by atoms with E-state index in [-0.39, 0.29) is 0 Å². The Labute approximate surface area is 134 Å². The highest BCUT2D eigenvalue weighted by molar-refractivity contribution is 7.99. The highest BCUT2D eigenvalue weighted by Crippen LogP contribution is 2.09. The topological polar surface area (TPSA) is 36.1 Å². The number of piperidine rings is 1. The van der Waals surface area contributed by atoms with E-state index in [2.05, 4.69) is 36.7 Å². The summed E-state index contributed by atoms with van der Waals surface area (Å²) in [6.07, 6.45) is 5.52. The molecule has 0 spiro atoms. The molecular formula is C15H33N3S2. The van der Waals surface area contributed by atoms with Gasteiger partial charge in [0.25, 0.3) is 0 Å². The Hall–Kier alpha value is 0.580. The van der Waals surface area contributed by atoms with E-state index in [0.717, 1.165) is 29.9 Å². The molecule has 0 amide bonds. The summed E-state index contributed by atoms with van der Waals surface area (Å²) in [5.74, 6) is 4.94. The SMILES string of the molecule is CC1CCCCN1.CC1CCSCN1.CC1CSCN1. The van der Waals surface area contributed by atoms with E-state index in [1.165, 1.54) is 43.7 Å². The van der Waals surface area contributed by atoms with Crippen molar-refractivity contribution in [1.29, 1.82) is 0 Å². The Bertz CT molecular complexity index is 195. The molecule has 3 rings (SSSR count). The van der Waals surface area contributed by atoms with Crippen LogP contribution in [0.2, 0.25) is 0 Å². The van der Waals surface area contributed by atoms with Crippen molar-refractivity contribution in [2.24, 2.45) is 0 Å². The van der Waals surface area contributed by atoms with Crippen LogP contribution < -0.4 is 16.0 Å². The van der Waals surface area contributed by atoms with Gasteiger partial charge in [0, 0.05) is 35.6 Å². The molecule has 3 aliphatic heterocycles. The van der Waals surface area contributed by atoms with Crippen molar-refractivity contribution in [3.63, 3.8) is 0 Å². The number of rotatable bonds is 0. The lowest BCUT2D eigenvalue weighted by atomic mass is 10.1. The van der Waals surface area contributed by atoms with Gasteiger partial charge in [-0.3, -0.25) is 0 Å². The summed E-state index contributed by atoms with van der Waals surface area (Å²) in [7, 11) is 0. The highest BCUT2D eigenvalue weighted by Gasteiger charge is 2.06. The van der Waals surface area contributed by atoms with Gasteiger partial charge in [0.2, 0.25) is 0 Å². The summed E-state index contributed by atoms with van der Waals surface area (Å²) in [5, 5.41) is 10.0. The first-order chi connectivity index (χ1) is 9.68. The molecule has 3 N–H and O–H groups in total. The number of hydrogen-bond acceptors (Lipinski definition) is 5. The monoisotopic (exact) mass is 319 g/mol. The fraction of sp³-hybridized carbons (Fsp3) is 1.00. The van der Waals surface area contributed by atoms with Crippen molar-refractivity contribution in [3.8, 4) is 0 Å². The summed E-state index contributed by atoms with van der Waals surface area (Å²) < 4.78 is 0. The smallest absolute Gasteiger partial charge is 0.0420 e. The van der Waals surface area contributed by atoms with Crippen LogP contribution in [0, 0.1) is 0 Å². The Morgan fingerprint density at radius 3 is 1.70 bits per heavy atom. The standard InChI is InChI=1S/C6H13N.C5H11NS.C4H9NS/c1-6-4-2-3-5-7-6;1-5-2-3-7-4-6-5;1-4-2-6-3-5-4/h6-7H,2-5H2,1H3;5-6H,2-4H2,1H3;4-5H,2-3H2,1H3. The van der Waals surface area contributed by atoms with Crippen molar-refractivity contribution in [2.75, 3.05) is 29.8 Å². The minimum atomic E-state index is 0.759. The van der Waals surface area contributed by atoms with Crippen LogP contribution in [0.5, 0.6) is 0 Å². The molecule has 0 radical (unpaired) electrons. The molecule has 3 fully saturated rings. The maximum atomic E-state index is 3.38. The summed E-state index contributed by atoms with van der Waals surface area (Å²) in [5.41, 5.74) is 0. The van der Waals surface area contributed by atoms with E-state index in [1.807, 2.05) is 23.5 Å². The fourth-order valence-electron chi connectivity index (χ4n) is 2.16. The maximum absolute atomic E-state index is 3.38.